The second kappa shape index (κ2) is 5.68. The first-order valence-corrected chi connectivity index (χ1v) is 7.55. The summed E-state index contributed by atoms with van der Waals surface area (Å²) in [6.45, 7) is 1.24. The highest BCUT2D eigenvalue weighted by atomic mass is 16.7. The summed E-state index contributed by atoms with van der Waals surface area (Å²) >= 11 is 0. The van der Waals surface area contributed by atoms with E-state index in [4.69, 9.17) is 14.3 Å². The van der Waals surface area contributed by atoms with E-state index in [0.717, 1.165) is 0 Å². The van der Waals surface area contributed by atoms with Crippen molar-refractivity contribution < 1.29 is 28.6 Å². The van der Waals surface area contributed by atoms with Gasteiger partial charge in [-0.1, -0.05) is 0 Å². The van der Waals surface area contributed by atoms with Crippen LogP contribution in [0.5, 0.6) is 0 Å². The monoisotopic (exact) mass is 314 g/mol. The lowest BCUT2D eigenvalue weighted by Crippen LogP contribution is -2.51. The second-order valence-corrected chi connectivity index (χ2v) is 6.04. The number of amides is 2. The number of hydrogen-bond donors (Lipinski definition) is 1. The smallest absolute Gasteiger partial charge is 0.407 e. The van der Waals surface area contributed by atoms with Crippen molar-refractivity contribution >= 4 is 12.0 Å². The van der Waals surface area contributed by atoms with Crippen LogP contribution in [0.1, 0.15) is 32.1 Å². The molecule has 8 heteroatoms. The summed E-state index contributed by atoms with van der Waals surface area (Å²) in [4.78, 5) is 29.2. The zero-order chi connectivity index (χ0) is 15.8. The molecule has 0 aromatic carbocycles. The van der Waals surface area contributed by atoms with Crippen molar-refractivity contribution in [1.82, 2.24) is 10.4 Å². The minimum absolute atomic E-state index is 0.239. The Morgan fingerprint density at radius 2 is 1.86 bits per heavy atom. The number of nitrogens with one attached hydrogen (secondary N) is 1. The Labute approximate surface area is 129 Å². The molecule has 0 unspecified atom stereocenters. The van der Waals surface area contributed by atoms with Gasteiger partial charge in [0.25, 0.3) is 5.91 Å². The van der Waals surface area contributed by atoms with E-state index in [1.807, 2.05) is 0 Å². The molecule has 8 nitrogen and oxygen atoms in total. The SMILES string of the molecule is COC(=O)N[C@H]1CC2(CCC3(CC2)OCCO3)N(OC)C1=O. The number of nitrogens with zero attached hydrogens (tertiary/aromatic N) is 1. The lowest BCUT2D eigenvalue weighted by molar-refractivity contribution is -0.232. The van der Waals surface area contributed by atoms with Crippen molar-refractivity contribution in [2.45, 2.75) is 49.5 Å². The van der Waals surface area contributed by atoms with Gasteiger partial charge in [-0.25, -0.2) is 9.86 Å². The lowest BCUT2D eigenvalue weighted by Gasteiger charge is -2.44. The van der Waals surface area contributed by atoms with Crippen LogP contribution in [0.3, 0.4) is 0 Å². The van der Waals surface area contributed by atoms with E-state index in [1.165, 1.54) is 19.3 Å². The van der Waals surface area contributed by atoms with Crippen molar-refractivity contribution in [2.75, 3.05) is 27.4 Å². The standard InChI is InChI=1S/C14H22N2O6/c1-19-12(18)15-10-9-13(16(20-2)11(10)17)3-5-14(6-4-13)21-7-8-22-14/h10H,3-9H2,1-2H3,(H,15,18)/t10-/m0/s1. The van der Waals surface area contributed by atoms with Crippen LogP contribution in [0.25, 0.3) is 0 Å². The Morgan fingerprint density at radius 3 is 2.41 bits per heavy atom. The topological polar surface area (TPSA) is 86.3 Å². The minimum Gasteiger partial charge on any atom is -0.453 e. The summed E-state index contributed by atoms with van der Waals surface area (Å²) in [7, 11) is 2.75. The van der Waals surface area contributed by atoms with Crippen LogP contribution in [0, 0.1) is 0 Å². The van der Waals surface area contributed by atoms with Gasteiger partial charge < -0.3 is 19.5 Å². The van der Waals surface area contributed by atoms with Gasteiger partial charge in [0.15, 0.2) is 5.79 Å². The predicted octanol–water partition coefficient (Wildman–Crippen LogP) is 0.561. The fourth-order valence-corrected chi connectivity index (χ4v) is 3.81. The molecule has 1 saturated carbocycles. The maximum Gasteiger partial charge on any atom is 0.407 e. The lowest BCUT2D eigenvalue weighted by atomic mass is 9.77. The van der Waals surface area contributed by atoms with Gasteiger partial charge in [-0.15, -0.1) is 0 Å². The number of hydroxylamine groups is 2. The Bertz CT molecular complexity index is 452. The first-order valence-electron chi connectivity index (χ1n) is 7.55. The van der Waals surface area contributed by atoms with Crippen LogP contribution in [0.2, 0.25) is 0 Å². The predicted molar refractivity (Wildman–Crippen MR) is 73.6 cm³/mol. The first-order chi connectivity index (χ1) is 10.5. The molecule has 1 aliphatic carbocycles. The summed E-state index contributed by atoms with van der Waals surface area (Å²) < 4.78 is 16.0. The van der Waals surface area contributed by atoms with Crippen molar-refractivity contribution in [1.29, 1.82) is 0 Å². The molecule has 0 radical (unpaired) electrons. The maximum atomic E-state index is 12.4. The Kier molecular flexibility index (Phi) is 4.00. The number of ether oxygens (including phenoxy) is 3. The fraction of sp³-hybridized carbons (Fsp3) is 0.857. The summed E-state index contributed by atoms with van der Waals surface area (Å²) in [5, 5.41) is 3.99. The summed E-state index contributed by atoms with van der Waals surface area (Å²) in [5.74, 6) is -0.737. The Hall–Kier alpha value is -1.38. The van der Waals surface area contributed by atoms with Gasteiger partial charge in [0, 0.05) is 19.3 Å². The molecule has 2 saturated heterocycles. The third-order valence-corrected chi connectivity index (χ3v) is 4.93. The minimum atomic E-state index is -0.619. The average molecular weight is 314 g/mol. The van der Waals surface area contributed by atoms with E-state index in [1.54, 1.807) is 0 Å². The van der Waals surface area contributed by atoms with E-state index in [-0.39, 0.29) is 5.91 Å². The molecular weight excluding hydrogens is 292 g/mol. The molecule has 22 heavy (non-hydrogen) atoms. The highest BCUT2D eigenvalue weighted by Crippen LogP contribution is 2.47. The number of carbonyl (C=O) groups excluding carboxylic acids is 2. The van der Waals surface area contributed by atoms with E-state index < -0.39 is 23.5 Å². The van der Waals surface area contributed by atoms with Crippen LogP contribution in [-0.2, 0) is 23.8 Å². The number of methoxy groups -OCH3 is 1. The molecule has 1 N–H and O–H groups in total. The van der Waals surface area contributed by atoms with Gasteiger partial charge in [-0.2, -0.15) is 0 Å². The first kappa shape index (κ1) is 15.5. The van der Waals surface area contributed by atoms with Crippen LogP contribution < -0.4 is 5.32 Å². The molecule has 0 bridgehead atoms. The molecule has 2 aliphatic heterocycles. The maximum absolute atomic E-state index is 12.4. The van der Waals surface area contributed by atoms with Crippen molar-refractivity contribution in [3.8, 4) is 0 Å². The molecule has 3 fully saturated rings. The molecule has 1 atom stereocenters. The molecule has 2 heterocycles. The molecule has 3 aliphatic rings. The summed E-state index contributed by atoms with van der Waals surface area (Å²) in [6, 6.07) is -0.619. The van der Waals surface area contributed by atoms with E-state index in [9.17, 15) is 9.59 Å². The van der Waals surface area contributed by atoms with E-state index in [2.05, 4.69) is 10.1 Å². The second-order valence-electron chi connectivity index (χ2n) is 6.04. The largest absolute Gasteiger partial charge is 0.453 e. The zero-order valence-electron chi connectivity index (χ0n) is 12.9. The fourth-order valence-electron chi connectivity index (χ4n) is 3.81. The quantitative estimate of drug-likeness (QED) is 0.801. The molecule has 3 rings (SSSR count). The number of rotatable bonds is 2. The average Bonchev–Trinajstić information content (AvgIpc) is 3.07. The number of hydrogen-bond acceptors (Lipinski definition) is 6. The van der Waals surface area contributed by atoms with Gasteiger partial charge in [-0.3, -0.25) is 9.63 Å². The zero-order valence-corrected chi connectivity index (χ0v) is 12.9. The summed E-state index contributed by atoms with van der Waals surface area (Å²) in [5.41, 5.74) is -0.419. The van der Waals surface area contributed by atoms with Crippen LogP contribution in [-0.4, -0.2) is 61.9 Å². The highest BCUT2D eigenvalue weighted by Gasteiger charge is 2.57. The van der Waals surface area contributed by atoms with Crippen LogP contribution in [0.4, 0.5) is 4.79 Å². The van der Waals surface area contributed by atoms with E-state index in [0.29, 0.717) is 45.3 Å². The third kappa shape index (κ3) is 2.45. The van der Waals surface area contributed by atoms with Crippen LogP contribution in [0.15, 0.2) is 0 Å². The summed E-state index contributed by atoms with van der Waals surface area (Å²) in [6.07, 6.45) is 2.75. The van der Waals surface area contributed by atoms with Gasteiger partial charge in [0.2, 0.25) is 0 Å². The third-order valence-electron chi connectivity index (χ3n) is 4.93. The molecule has 2 spiro atoms. The van der Waals surface area contributed by atoms with Crippen molar-refractivity contribution in [3.63, 3.8) is 0 Å². The van der Waals surface area contributed by atoms with Gasteiger partial charge in [-0.05, 0) is 12.8 Å². The molecule has 124 valence electrons. The molecule has 2 amide bonds. The molecule has 0 aromatic rings. The van der Waals surface area contributed by atoms with Gasteiger partial charge in [0.05, 0.1) is 33.0 Å². The van der Waals surface area contributed by atoms with Crippen molar-refractivity contribution in [2.24, 2.45) is 0 Å². The van der Waals surface area contributed by atoms with Crippen LogP contribution >= 0.6 is 0 Å². The normalized spacial score (nSPS) is 29.3. The molecule has 0 aromatic heterocycles. The highest BCUT2D eigenvalue weighted by molar-refractivity contribution is 5.87. The number of alkyl carbamates (subject to hydrolysis) is 1. The molecular formula is C14H22N2O6. The van der Waals surface area contributed by atoms with Gasteiger partial charge >= 0.3 is 6.09 Å². The Balaban J connectivity index is 1.72. The Morgan fingerprint density at radius 1 is 1.23 bits per heavy atom. The van der Waals surface area contributed by atoms with E-state index >= 15 is 0 Å². The number of carbonyl (C=O) groups is 2. The van der Waals surface area contributed by atoms with Crippen molar-refractivity contribution in [3.05, 3.63) is 0 Å². The van der Waals surface area contributed by atoms with Gasteiger partial charge in [0.1, 0.15) is 6.04 Å².